The molecule has 0 aliphatic rings. The summed E-state index contributed by atoms with van der Waals surface area (Å²) in [5, 5.41) is 14.6. The summed E-state index contributed by atoms with van der Waals surface area (Å²) in [6, 6.07) is 7.53. The fourth-order valence-corrected chi connectivity index (χ4v) is 3.21. The second kappa shape index (κ2) is 8.85. The van der Waals surface area contributed by atoms with E-state index >= 15 is 0 Å². The number of aromatic carboxylic acids is 1. The molecule has 10 heteroatoms. The number of anilines is 1. The minimum absolute atomic E-state index is 0.0620. The number of thiocarbonyl (C=S) groups is 1. The van der Waals surface area contributed by atoms with E-state index in [1.807, 2.05) is 0 Å². The molecule has 0 bridgehead atoms. The summed E-state index contributed by atoms with van der Waals surface area (Å²) in [6.45, 7) is 0. The van der Waals surface area contributed by atoms with E-state index in [1.54, 1.807) is 18.2 Å². The van der Waals surface area contributed by atoms with Gasteiger partial charge in [-0.2, -0.15) is 0 Å². The van der Waals surface area contributed by atoms with Crippen molar-refractivity contribution in [1.82, 2.24) is 5.32 Å². The molecule has 0 saturated heterocycles. The Morgan fingerprint density at radius 3 is 2.50 bits per heavy atom. The van der Waals surface area contributed by atoms with Crippen molar-refractivity contribution in [3.8, 4) is 5.75 Å². The Balaban J connectivity index is 2.23. The summed E-state index contributed by atoms with van der Waals surface area (Å²) in [7, 11) is 1.38. The van der Waals surface area contributed by atoms with Gasteiger partial charge in [0, 0.05) is 3.57 Å². The van der Waals surface area contributed by atoms with Gasteiger partial charge in [0.25, 0.3) is 5.91 Å². The second-order valence-corrected chi connectivity index (χ2v) is 7.34. The molecule has 136 valence electrons. The minimum Gasteiger partial charge on any atom is -0.493 e. The van der Waals surface area contributed by atoms with Crippen molar-refractivity contribution in [3.63, 3.8) is 0 Å². The Morgan fingerprint density at radius 1 is 1.19 bits per heavy atom. The van der Waals surface area contributed by atoms with E-state index in [9.17, 15) is 9.59 Å². The van der Waals surface area contributed by atoms with Gasteiger partial charge in [-0.05, 0) is 65.1 Å². The van der Waals surface area contributed by atoms with Gasteiger partial charge in [0.1, 0.15) is 0 Å². The van der Waals surface area contributed by atoms with E-state index in [0.29, 0.717) is 0 Å². The molecule has 2 aromatic carbocycles. The van der Waals surface area contributed by atoms with Crippen LogP contribution in [-0.4, -0.2) is 29.2 Å². The average Bonchev–Trinajstić information content (AvgIpc) is 2.56. The molecule has 1 amide bonds. The summed E-state index contributed by atoms with van der Waals surface area (Å²) in [5.74, 6) is -1.48. The number of halogens is 3. The van der Waals surface area contributed by atoms with Gasteiger partial charge in [-0.1, -0.05) is 23.2 Å². The van der Waals surface area contributed by atoms with Crippen molar-refractivity contribution in [2.24, 2.45) is 0 Å². The molecule has 6 nitrogen and oxygen atoms in total. The summed E-state index contributed by atoms with van der Waals surface area (Å²) < 4.78 is 5.99. The third kappa shape index (κ3) is 4.97. The number of carboxylic acids is 1. The van der Waals surface area contributed by atoms with Crippen LogP contribution in [0.5, 0.6) is 5.75 Å². The summed E-state index contributed by atoms with van der Waals surface area (Å²) in [6.07, 6.45) is 0. The van der Waals surface area contributed by atoms with Gasteiger partial charge in [-0.15, -0.1) is 0 Å². The zero-order chi connectivity index (χ0) is 19.4. The second-order valence-electron chi connectivity index (χ2n) is 4.88. The first kappa shape index (κ1) is 20.7. The molecule has 0 fully saturated rings. The number of carboxylic acid groups (broad SMARTS) is 1. The van der Waals surface area contributed by atoms with Crippen LogP contribution in [0.3, 0.4) is 0 Å². The fourth-order valence-electron chi connectivity index (χ4n) is 2.01. The molecule has 0 aromatic heterocycles. The number of carbonyl (C=O) groups is 2. The molecule has 0 atom stereocenters. The number of nitrogens with one attached hydrogen (secondary N) is 2. The molecule has 0 aliphatic heterocycles. The molecule has 26 heavy (non-hydrogen) atoms. The molecule has 0 unspecified atom stereocenters. The lowest BCUT2D eigenvalue weighted by Gasteiger charge is -2.15. The first-order valence-electron chi connectivity index (χ1n) is 6.91. The van der Waals surface area contributed by atoms with Crippen LogP contribution in [0, 0.1) is 3.57 Å². The first-order valence-corrected chi connectivity index (χ1v) is 9.15. The molecule has 0 spiro atoms. The molecule has 0 saturated carbocycles. The summed E-state index contributed by atoms with van der Waals surface area (Å²) >= 11 is 19.2. The van der Waals surface area contributed by atoms with E-state index in [-0.39, 0.29) is 37.7 Å². The number of rotatable bonds is 4. The highest BCUT2D eigenvalue weighted by Gasteiger charge is 2.17. The van der Waals surface area contributed by atoms with Crippen molar-refractivity contribution >= 4 is 80.7 Å². The number of amides is 1. The third-order valence-electron chi connectivity index (χ3n) is 3.14. The maximum Gasteiger partial charge on any atom is 0.335 e. The maximum atomic E-state index is 12.3. The van der Waals surface area contributed by atoms with Crippen LogP contribution >= 0.6 is 58.0 Å². The Morgan fingerprint density at radius 2 is 1.88 bits per heavy atom. The molecule has 3 N–H and O–H groups in total. The van der Waals surface area contributed by atoms with E-state index in [1.165, 1.54) is 19.2 Å². The predicted molar refractivity (Wildman–Crippen MR) is 113 cm³/mol. The average molecular weight is 525 g/mol. The van der Waals surface area contributed by atoms with Crippen molar-refractivity contribution in [3.05, 3.63) is 55.1 Å². The van der Waals surface area contributed by atoms with Gasteiger partial charge in [0.2, 0.25) is 0 Å². The molecular weight excluding hydrogens is 514 g/mol. The van der Waals surface area contributed by atoms with Gasteiger partial charge in [0.05, 0.1) is 34.0 Å². The quantitative estimate of drug-likeness (QED) is 0.405. The van der Waals surface area contributed by atoms with Crippen LogP contribution in [0.1, 0.15) is 20.7 Å². The van der Waals surface area contributed by atoms with Gasteiger partial charge >= 0.3 is 5.97 Å². The number of methoxy groups -OCH3 is 1. The zero-order valence-corrected chi connectivity index (χ0v) is 17.6. The van der Waals surface area contributed by atoms with Crippen molar-refractivity contribution in [2.45, 2.75) is 0 Å². The van der Waals surface area contributed by atoms with Gasteiger partial charge in [0.15, 0.2) is 10.9 Å². The first-order chi connectivity index (χ1) is 12.2. The van der Waals surface area contributed by atoms with Crippen LogP contribution in [0.15, 0.2) is 30.3 Å². The van der Waals surface area contributed by atoms with E-state index < -0.39 is 11.9 Å². The Hall–Kier alpha value is -1.62. The number of benzene rings is 2. The van der Waals surface area contributed by atoms with Gasteiger partial charge < -0.3 is 15.2 Å². The Kier molecular flexibility index (Phi) is 7.04. The molecule has 0 aliphatic carbocycles. The van der Waals surface area contributed by atoms with Crippen LogP contribution in [0.25, 0.3) is 0 Å². The molecular formula is C16H11Cl2IN2O4S. The highest BCUT2D eigenvalue weighted by atomic mass is 127. The van der Waals surface area contributed by atoms with Gasteiger partial charge in [-0.3, -0.25) is 10.1 Å². The largest absolute Gasteiger partial charge is 0.493 e. The number of hydrogen-bond acceptors (Lipinski definition) is 4. The predicted octanol–water partition coefficient (Wildman–Crippen LogP) is 4.43. The van der Waals surface area contributed by atoms with E-state index in [0.717, 1.165) is 3.57 Å². The van der Waals surface area contributed by atoms with E-state index in [2.05, 4.69) is 33.2 Å². The Labute approximate surface area is 178 Å². The smallest absolute Gasteiger partial charge is 0.335 e. The summed E-state index contributed by atoms with van der Waals surface area (Å²) in [5.41, 5.74) is 0.400. The molecule has 2 rings (SSSR count). The third-order valence-corrected chi connectivity index (χ3v) is 4.63. The highest BCUT2D eigenvalue weighted by Crippen LogP contribution is 2.34. The normalized spacial score (nSPS) is 10.2. The van der Waals surface area contributed by atoms with Crippen LogP contribution in [0.4, 0.5) is 5.69 Å². The maximum absolute atomic E-state index is 12.3. The van der Waals surface area contributed by atoms with Crippen molar-refractivity contribution in [1.29, 1.82) is 0 Å². The minimum atomic E-state index is -1.17. The topological polar surface area (TPSA) is 87.7 Å². The van der Waals surface area contributed by atoms with Gasteiger partial charge in [-0.25, -0.2) is 4.79 Å². The van der Waals surface area contributed by atoms with Crippen LogP contribution in [-0.2, 0) is 0 Å². The van der Waals surface area contributed by atoms with Crippen molar-refractivity contribution < 1.29 is 19.4 Å². The number of ether oxygens (including phenoxy) is 1. The van der Waals surface area contributed by atoms with E-state index in [4.69, 9.17) is 45.3 Å². The molecule has 0 heterocycles. The number of hydrogen-bond donors (Lipinski definition) is 3. The van der Waals surface area contributed by atoms with Crippen molar-refractivity contribution in [2.75, 3.05) is 12.4 Å². The standard InChI is InChI=1S/C16H11Cl2IN2O4S/c1-25-13-11(18)4-7(15(23)24)5-12(13)20-16(26)21-14(22)9-6-8(19)2-3-10(9)17/h2-6H,1H3,(H,23,24)(H2,20,21,22,26). The molecule has 0 radical (unpaired) electrons. The number of carbonyl (C=O) groups excluding carboxylic acids is 1. The lowest BCUT2D eigenvalue weighted by molar-refractivity contribution is 0.0696. The fraction of sp³-hybridized carbons (Fsp3) is 0.0625. The SMILES string of the molecule is COc1c(Cl)cc(C(=O)O)cc1NC(=S)NC(=O)c1cc(I)ccc1Cl. The van der Waals surface area contributed by atoms with Crippen LogP contribution in [0.2, 0.25) is 10.0 Å². The molecule has 2 aromatic rings. The monoisotopic (exact) mass is 524 g/mol. The summed E-state index contributed by atoms with van der Waals surface area (Å²) in [4.78, 5) is 23.5. The lowest BCUT2D eigenvalue weighted by Crippen LogP contribution is -2.34. The van der Waals surface area contributed by atoms with Crippen LogP contribution < -0.4 is 15.4 Å². The highest BCUT2D eigenvalue weighted by molar-refractivity contribution is 14.1. The lowest BCUT2D eigenvalue weighted by atomic mass is 10.2. The Bertz CT molecular complexity index is 908. The zero-order valence-electron chi connectivity index (χ0n) is 13.1.